The van der Waals surface area contributed by atoms with Crippen molar-refractivity contribution in [2.75, 3.05) is 6.61 Å². The highest BCUT2D eigenvalue weighted by Crippen LogP contribution is 2.20. The van der Waals surface area contributed by atoms with E-state index in [1.165, 1.54) is 5.56 Å². The highest BCUT2D eigenvalue weighted by molar-refractivity contribution is 5.80. The molecule has 0 saturated heterocycles. The average Bonchev–Trinajstić information content (AvgIpc) is 2.70. The predicted molar refractivity (Wildman–Crippen MR) is 64.2 cm³/mol. The summed E-state index contributed by atoms with van der Waals surface area (Å²) >= 11 is 0. The minimum absolute atomic E-state index is 0.223. The SMILES string of the molecule is C[C@H](CCO)NCc1coc2ccccc12. The van der Waals surface area contributed by atoms with E-state index in [2.05, 4.69) is 18.3 Å². The van der Waals surface area contributed by atoms with Gasteiger partial charge < -0.3 is 14.8 Å². The van der Waals surface area contributed by atoms with Crippen molar-refractivity contribution in [2.24, 2.45) is 0 Å². The number of hydrogen-bond acceptors (Lipinski definition) is 3. The minimum Gasteiger partial charge on any atom is -0.464 e. The number of benzene rings is 1. The first kappa shape index (κ1) is 11.2. The van der Waals surface area contributed by atoms with Gasteiger partial charge in [-0.25, -0.2) is 0 Å². The maximum atomic E-state index is 8.81. The van der Waals surface area contributed by atoms with Crippen LogP contribution in [0.5, 0.6) is 0 Å². The van der Waals surface area contributed by atoms with E-state index in [4.69, 9.17) is 9.52 Å². The molecule has 2 rings (SSSR count). The number of hydrogen-bond donors (Lipinski definition) is 2. The Hall–Kier alpha value is -1.32. The highest BCUT2D eigenvalue weighted by atomic mass is 16.3. The Labute approximate surface area is 95.1 Å². The van der Waals surface area contributed by atoms with Crippen molar-refractivity contribution in [2.45, 2.75) is 25.9 Å². The minimum atomic E-state index is 0.223. The predicted octanol–water partition coefficient (Wildman–Crippen LogP) is 2.29. The van der Waals surface area contributed by atoms with Gasteiger partial charge in [0.05, 0.1) is 6.26 Å². The van der Waals surface area contributed by atoms with Gasteiger partial charge in [0.2, 0.25) is 0 Å². The lowest BCUT2D eigenvalue weighted by Crippen LogP contribution is -2.26. The molecule has 3 nitrogen and oxygen atoms in total. The molecule has 0 radical (unpaired) electrons. The van der Waals surface area contributed by atoms with Crippen molar-refractivity contribution in [3.05, 3.63) is 36.1 Å². The summed E-state index contributed by atoms with van der Waals surface area (Å²) in [4.78, 5) is 0. The van der Waals surface area contributed by atoms with Crippen LogP contribution in [0.2, 0.25) is 0 Å². The monoisotopic (exact) mass is 219 g/mol. The van der Waals surface area contributed by atoms with Crippen molar-refractivity contribution < 1.29 is 9.52 Å². The Morgan fingerprint density at radius 2 is 2.19 bits per heavy atom. The lowest BCUT2D eigenvalue weighted by Gasteiger charge is -2.11. The number of aliphatic hydroxyl groups excluding tert-OH is 1. The van der Waals surface area contributed by atoms with Gasteiger partial charge in [-0.3, -0.25) is 0 Å². The van der Waals surface area contributed by atoms with Crippen LogP contribution in [0.25, 0.3) is 11.0 Å². The van der Waals surface area contributed by atoms with Gasteiger partial charge in [-0.1, -0.05) is 18.2 Å². The van der Waals surface area contributed by atoms with Crippen molar-refractivity contribution in [1.29, 1.82) is 0 Å². The summed E-state index contributed by atoms with van der Waals surface area (Å²) < 4.78 is 5.45. The van der Waals surface area contributed by atoms with E-state index in [0.717, 1.165) is 23.9 Å². The number of rotatable bonds is 5. The van der Waals surface area contributed by atoms with Gasteiger partial charge in [-0.05, 0) is 19.4 Å². The first-order valence-corrected chi connectivity index (χ1v) is 5.60. The smallest absolute Gasteiger partial charge is 0.134 e. The standard InChI is InChI=1S/C13H17NO2/c1-10(6-7-15)14-8-11-9-16-13-5-3-2-4-12(11)13/h2-5,9-10,14-15H,6-8H2,1H3/t10-/m1/s1. The molecule has 1 heterocycles. The first-order valence-electron chi connectivity index (χ1n) is 5.60. The van der Waals surface area contributed by atoms with E-state index >= 15 is 0 Å². The average molecular weight is 219 g/mol. The fourth-order valence-corrected chi connectivity index (χ4v) is 1.75. The molecule has 2 aromatic rings. The zero-order chi connectivity index (χ0) is 11.4. The van der Waals surface area contributed by atoms with Crippen molar-refractivity contribution >= 4 is 11.0 Å². The third kappa shape index (κ3) is 2.43. The van der Waals surface area contributed by atoms with Gasteiger partial charge in [-0.2, -0.15) is 0 Å². The lowest BCUT2D eigenvalue weighted by molar-refractivity contribution is 0.268. The summed E-state index contributed by atoms with van der Waals surface area (Å²) in [5.41, 5.74) is 2.09. The van der Waals surface area contributed by atoms with Crippen LogP contribution in [0.15, 0.2) is 34.9 Å². The Morgan fingerprint density at radius 3 is 3.00 bits per heavy atom. The van der Waals surface area contributed by atoms with Crippen LogP contribution in [-0.4, -0.2) is 17.8 Å². The number of para-hydroxylation sites is 1. The Bertz CT molecular complexity index is 450. The van der Waals surface area contributed by atoms with Crippen LogP contribution in [0.1, 0.15) is 18.9 Å². The van der Waals surface area contributed by atoms with Crippen LogP contribution >= 0.6 is 0 Å². The molecule has 86 valence electrons. The second kappa shape index (κ2) is 5.14. The van der Waals surface area contributed by atoms with Gasteiger partial charge in [0.1, 0.15) is 5.58 Å². The molecule has 3 heteroatoms. The molecular weight excluding hydrogens is 202 g/mol. The van der Waals surface area contributed by atoms with E-state index in [0.29, 0.717) is 6.04 Å². The molecule has 0 fully saturated rings. The fourth-order valence-electron chi connectivity index (χ4n) is 1.75. The Morgan fingerprint density at radius 1 is 1.38 bits per heavy atom. The summed E-state index contributed by atoms with van der Waals surface area (Å²) in [6.45, 7) is 3.07. The third-order valence-electron chi connectivity index (χ3n) is 2.76. The zero-order valence-corrected chi connectivity index (χ0v) is 9.44. The summed E-state index contributed by atoms with van der Waals surface area (Å²) in [6, 6.07) is 8.33. The largest absolute Gasteiger partial charge is 0.464 e. The highest BCUT2D eigenvalue weighted by Gasteiger charge is 2.06. The molecule has 0 bridgehead atoms. The fraction of sp³-hybridized carbons (Fsp3) is 0.385. The van der Waals surface area contributed by atoms with Crippen LogP contribution in [-0.2, 0) is 6.54 Å². The van der Waals surface area contributed by atoms with E-state index < -0.39 is 0 Å². The third-order valence-corrected chi connectivity index (χ3v) is 2.76. The summed E-state index contributed by atoms with van der Waals surface area (Å²) in [6.07, 6.45) is 2.57. The van der Waals surface area contributed by atoms with E-state index in [1.54, 1.807) is 6.26 Å². The second-order valence-electron chi connectivity index (χ2n) is 4.05. The van der Waals surface area contributed by atoms with Gasteiger partial charge in [-0.15, -0.1) is 0 Å². The molecule has 0 unspecified atom stereocenters. The van der Waals surface area contributed by atoms with E-state index in [-0.39, 0.29) is 6.61 Å². The molecule has 1 aromatic carbocycles. The van der Waals surface area contributed by atoms with E-state index in [1.807, 2.05) is 18.2 Å². The maximum absolute atomic E-state index is 8.81. The summed E-state index contributed by atoms with van der Waals surface area (Å²) in [5, 5.41) is 13.3. The molecule has 0 spiro atoms. The van der Waals surface area contributed by atoms with Crippen LogP contribution in [0, 0.1) is 0 Å². The zero-order valence-electron chi connectivity index (χ0n) is 9.44. The molecule has 0 aliphatic rings. The normalized spacial score (nSPS) is 13.1. The quantitative estimate of drug-likeness (QED) is 0.811. The van der Waals surface area contributed by atoms with Crippen LogP contribution in [0.3, 0.4) is 0 Å². The molecular formula is C13H17NO2. The van der Waals surface area contributed by atoms with Gasteiger partial charge in [0.15, 0.2) is 0 Å². The Kier molecular flexibility index (Phi) is 3.59. The summed E-state index contributed by atoms with van der Waals surface area (Å²) in [5.74, 6) is 0. The van der Waals surface area contributed by atoms with Crippen LogP contribution < -0.4 is 5.32 Å². The molecule has 2 N–H and O–H groups in total. The Balaban J connectivity index is 2.04. The summed E-state index contributed by atoms with van der Waals surface area (Å²) in [7, 11) is 0. The molecule has 1 atom stereocenters. The van der Waals surface area contributed by atoms with Crippen LogP contribution in [0.4, 0.5) is 0 Å². The van der Waals surface area contributed by atoms with Gasteiger partial charge in [0, 0.05) is 30.1 Å². The van der Waals surface area contributed by atoms with E-state index in [9.17, 15) is 0 Å². The molecule has 16 heavy (non-hydrogen) atoms. The van der Waals surface area contributed by atoms with Crippen molar-refractivity contribution in [1.82, 2.24) is 5.32 Å². The first-order chi connectivity index (χ1) is 7.81. The number of aliphatic hydroxyl groups is 1. The second-order valence-corrected chi connectivity index (χ2v) is 4.05. The molecule has 0 aliphatic carbocycles. The molecule has 0 saturated carbocycles. The molecule has 0 amide bonds. The lowest BCUT2D eigenvalue weighted by atomic mass is 10.1. The van der Waals surface area contributed by atoms with Crippen molar-refractivity contribution in [3.63, 3.8) is 0 Å². The molecule has 0 aliphatic heterocycles. The molecule has 1 aromatic heterocycles. The van der Waals surface area contributed by atoms with Gasteiger partial charge >= 0.3 is 0 Å². The number of nitrogens with one attached hydrogen (secondary N) is 1. The van der Waals surface area contributed by atoms with Crippen molar-refractivity contribution in [3.8, 4) is 0 Å². The number of furan rings is 1. The topological polar surface area (TPSA) is 45.4 Å². The number of fused-ring (bicyclic) bond motifs is 1. The van der Waals surface area contributed by atoms with Gasteiger partial charge in [0.25, 0.3) is 0 Å². The maximum Gasteiger partial charge on any atom is 0.134 e.